The fourth-order valence-electron chi connectivity index (χ4n) is 2.55. The average molecular weight is 367 g/mol. The topological polar surface area (TPSA) is 92.2 Å². The number of nitrogens with zero attached hydrogens (tertiary/aromatic N) is 2. The SMILES string of the molecule is O=C(O)CC(Cc1ccccc1)C(=O)Nc1nc(-c2ccccc2)ns1. The van der Waals surface area contributed by atoms with Crippen LogP contribution in [0.15, 0.2) is 60.7 Å². The molecule has 1 aromatic heterocycles. The Labute approximate surface area is 154 Å². The number of carbonyl (C=O) groups excluding carboxylic acids is 1. The van der Waals surface area contributed by atoms with Gasteiger partial charge < -0.3 is 10.4 Å². The number of aromatic nitrogens is 2. The monoisotopic (exact) mass is 367 g/mol. The maximum Gasteiger partial charge on any atom is 0.304 e. The lowest BCUT2D eigenvalue weighted by Gasteiger charge is -2.13. The van der Waals surface area contributed by atoms with E-state index in [-0.39, 0.29) is 12.3 Å². The second-order valence-corrected chi connectivity index (χ2v) is 6.51. The molecule has 0 saturated heterocycles. The van der Waals surface area contributed by atoms with Gasteiger partial charge in [-0.1, -0.05) is 60.7 Å². The molecule has 2 aromatic carbocycles. The molecule has 1 amide bonds. The molecule has 132 valence electrons. The van der Waals surface area contributed by atoms with Gasteiger partial charge in [0.25, 0.3) is 0 Å². The van der Waals surface area contributed by atoms with Gasteiger partial charge >= 0.3 is 5.97 Å². The molecule has 0 spiro atoms. The highest BCUT2D eigenvalue weighted by molar-refractivity contribution is 7.10. The van der Waals surface area contributed by atoms with Crippen LogP contribution in [0.25, 0.3) is 11.4 Å². The lowest BCUT2D eigenvalue weighted by atomic mass is 9.95. The van der Waals surface area contributed by atoms with E-state index in [9.17, 15) is 9.59 Å². The first kappa shape index (κ1) is 17.8. The standard InChI is InChI=1S/C19H17N3O3S/c23-16(24)12-15(11-13-7-3-1-4-8-13)18(25)21-19-20-17(22-26-19)14-9-5-2-6-10-14/h1-10,15H,11-12H2,(H,23,24)(H,20,21,22,25). The summed E-state index contributed by atoms with van der Waals surface area (Å²) < 4.78 is 4.24. The molecule has 0 aliphatic carbocycles. The van der Waals surface area contributed by atoms with Crippen molar-refractivity contribution in [1.29, 1.82) is 0 Å². The highest BCUT2D eigenvalue weighted by Crippen LogP contribution is 2.22. The summed E-state index contributed by atoms with van der Waals surface area (Å²) >= 11 is 1.07. The Morgan fingerprint density at radius 1 is 1.04 bits per heavy atom. The molecule has 6 nitrogen and oxygen atoms in total. The van der Waals surface area contributed by atoms with Gasteiger partial charge in [0.05, 0.1) is 12.3 Å². The summed E-state index contributed by atoms with van der Waals surface area (Å²) in [5.41, 5.74) is 1.77. The number of benzene rings is 2. The summed E-state index contributed by atoms with van der Waals surface area (Å²) in [5.74, 6) is -1.53. The molecule has 0 saturated carbocycles. The van der Waals surface area contributed by atoms with Crippen LogP contribution in [-0.4, -0.2) is 26.3 Å². The Morgan fingerprint density at radius 2 is 1.69 bits per heavy atom. The van der Waals surface area contributed by atoms with Crippen LogP contribution >= 0.6 is 11.5 Å². The van der Waals surface area contributed by atoms with Crippen molar-refractivity contribution in [1.82, 2.24) is 9.36 Å². The average Bonchev–Trinajstić information content (AvgIpc) is 3.11. The molecule has 1 heterocycles. The minimum absolute atomic E-state index is 0.245. The minimum atomic E-state index is -1.01. The Bertz CT molecular complexity index is 881. The molecule has 2 N–H and O–H groups in total. The van der Waals surface area contributed by atoms with Gasteiger partial charge in [-0.25, -0.2) is 0 Å². The van der Waals surface area contributed by atoms with Gasteiger partial charge in [-0.3, -0.25) is 9.59 Å². The fraction of sp³-hybridized carbons (Fsp3) is 0.158. The van der Waals surface area contributed by atoms with E-state index >= 15 is 0 Å². The molecule has 0 aliphatic heterocycles. The predicted octanol–water partition coefficient (Wildman–Crippen LogP) is 3.48. The van der Waals surface area contributed by atoms with Crippen LogP contribution in [0, 0.1) is 5.92 Å². The predicted molar refractivity (Wildman–Crippen MR) is 99.9 cm³/mol. The van der Waals surface area contributed by atoms with E-state index < -0.39 is 11.9 Å². The molecule has 3 aromatic rings. The highest BCUT2D eigenvalue weighted by atomic mass is 32.1. The summed E-state index contributed by atoms with van der Waals surface area (Å²) in [6.45, 7) is 0. The summed E-state index contributed by atoms with van der Waals surface area (Å²) in [6, 6.07) is 18.8. The van der Waals surface area contributed by atoms with Crippen molar-refractivity contribution >= 4 is 28.5 Å². The van der Waals surface area contributed by atoms with Crippen LogP contribution in [0.4, 0.5) is 5.13 Å². The first-order valence-corrected chi connectivity index (χ1v) is 8.85. The van der Waals surface area contributed by atoms with Crippen LogP contribution in [0.5, 0.6) is 0 Å². The molecule has 1 unspecified atom stereocenters. The van der Waals surface area contributed by atoms with Crippen LogP contribution in [0.3, 0.4) is 0 Å². The smallest absolute Gasteiger partial charge is 0.304 e. The van der Waals surface area contributed by atoms with Crippen molar-refractivity contribution in [3.8, 4) is 11.4 Å². The van der Waals surface area contributed by atoms with Crippen LogP contribution in [0.2, 0.25) is 0 Å². The van der Waals surface area contributed by atoms with Gasteiger partial charge in [0.2, 0.25) is 11.0 Å². The Hall–Kier alpha value is -3.06. The van der Waals surface area contributed by atoms with Crippen molar-refractivity contribution < 1.29 is 14.7 Å². The van der Waals surface area contributed by atoms with Gasteiger partial charge in [-0.2, -0.15) is 9.36 Å². The zero-order valence-electron chi connectivity index (χ0n) is 13.8. The number of amides is 1. The summed E-state index contributed by atoms with van der Waals surface area (Å²) in [4.78, 5) is 28.0. The van der Waals surface area contributed by atoms with Crippen molar-refractivity contribution in [2.45, 2.75) is 12.8 Å². The first-order chi connectivity index (χ1) is 12.6. The summed E-state index contributed by atoms with van der Waals surface area (Å²) in [6.07, 6.45) is 0.106. The van der Waals surface area contributed by atoms with Crippen LogP contribution in [0.1, 0.15) is 12.0 Å². The van der Waals surface area contributed by atoms with Gasteiger partial charge in [0, 0.05) is 17.1 Å². The maximum absolute atomic E-state index is 12.6. The van der Waals surface area contributed by atoms with E-state index in [1.807, 2.05) is 60.7 Å². The summed E-state index contributed by atoms with van der Waals surface area (Å²) in [5, 5.41) is 12.2. The number of rotatable bonds is 7. The Morgan fingerprint density at radius 3 is 2.35 bits per heavy atom. The van der Waals surface area contributed by atoms with Gasteiger partial charge in [-0.05, 0) is 12.0 Å². The quantitative estimate of drug-likeness (QED) is 0.667. The lowest BCUT2D eigenvalue weighted by Crippen LogP contribution is -2.27. The maximum atomic E-state index is 12.6. The van der Waals surface area contributed by atoms with Gasteiger partial charge in [0.1, 0.15) is 0 Å². The number of aliphatic carboxylic acids is 1. The van der Waals surface area contributed by atoms with Crippen molar-refractivity contribution in [3.63, 3.8) is 0 Å². The Balaban J connectivity index is 1.71. The molecular formula is C19H17N3O3S. The normalized spacial score (nSPS) is 11.7. The second-order valence-electron chi connectivity index (χ2n) is 5.76. The largest absolute Gasteiger partial charge is 0.481 e. The second kappa shape index (κ2) is 8.35. The zero-order valence-corrected chi connectivity index (χ0v) is 14.6. The molecular weight excluding hydrogens is 350 g/mol. The highest BCUT2D eigenvalue weighted by Gasteiger charge is 2.23. The zero-order chi connectivity index (χ0) is 18.4. The fourth-order valence-corrected chi connectivity index (χ4v) is 3.15. The lowest BCUT2D eigenvalue weighted by molar-refractivity contribution is -0.140. The number of anilines is 1. The van der Waals surface area contributed by atoms with Crippen molar-refractivity contribution in [2.24, 2.45) is 5.92 Å². The molecule has 0 aliphatic rings. The van der Waals surface area contributed by atoms with E-state index in [2.05, 4.69) is 14.7 Å². The summed E-state index contributed by atoms with van der Waals surface area (Å²) in [7, 11) is 0. The van der Waals surface area contributed by atoms with E-state index in [1.165, 1.54) is 0 Å². The van der Waals surface area contributed by atoms with Gasteiger partial charge in [0.15, 0.2) is 5.82 Å². The number of hydrogen-bond acceptors (Lipinski definition) is 5. The molecule has 26 heavy (non-hydrogen) atoms. The van der Waals surface area contributed by atoms with Gasteiger partial charge in [-0.15, -0.1) is 0 Å². The number of carboxylic acid groups (broad SMARTS) is 1. The van der Waals surface area contributed by atoms with Crippen molar-refractivity contribution in [3.05, 3.63) is 66.2 Å². The van der Waals surface area contributed by atoms with Crippen molar-refractivity contribution in [2.75, 3.05) is 5.32 Å². The third kappa shape index (κ3) is 4.73. The number of carboxylic acids is 1. The van der Waals surface area contributed by atoms with E-state index in [0.29, 0.717) is 17.4 Å². The van der Waals surface area contributed by atoms with E-state index in [4.69, 9.17) is 5.11 Å². The third-order valence-electron chi connectivity index (χ3n) is 3.80. The van der Waals surface area contributed by atoms with Crippen LogP contribution < -0.4 is 5.32 Å². The molecule has 0 fully saturated rings. The molecule has 1 atom stereocenters. The first-order valence-electron chi connectivity index (χ1n) is 8.07. The number of carbonyl (C=O) groups is 2. The van der Waals surface area contributed by atoms with E-state index in [1.54, 1.807) is 0 Å². The molecule has 3 rings (SSSR count). The molecule has 0 radical (unpaired) electrons. The Kier molecular flexibility index (Phi) is 5.70. The number of nitrogens with one attached hydrogen (secondary N) is 1. The number of hydrogen-bond donors (Lipinski definition) is 2. The molecule has 0 bridgehead atoms. The van der Waals surface area contributed by atoms with E-state index in [0.717, 1.165) is 22.7 Å². The minimum Gasteiger partial charge on any atom is -0.481 e. The van der Waals surface area contributed by atoms with Crippen LogP contribution in [-0.2, 0) is 16.0 Å². The third-order valence-corrected chi connectivity index (χ3v) is 4.44. The molecule has 7 heteroatoms.